The first-order chi connectivity index (χ1) is 13.0. The fourth-order valence-corrected chi connectivity index (χ4v) is 7.17. The molecule has 0 saturated heterocycles. The Balaban J connectivity index is 2.33. The topological polar surface area (TPSA) is 93.2 Å². The number of hydrogen-bond donors (Lipinski definition) is 1. The third-order valence-electron chi connectivity index (χ3n) is 5.75. The maximum atomic E-state index is 12.5. The SMILES string of the molecule is CCCNc1c2c(nc3ccc(C(C)(S(C)(=O)=O)S(C)(=O)=O)cc13)CCCC2. The highest BCUT2D eigenvalue weighted by Gasteiger charge is 2.47. The first-order valence-electron chi connectivity index (χ1n) is 9.59. The molecule has 0 atom stereocenters. The van der Waals surface area contributed by atoms with Gasteiger partial charge in [-0.05, 0) is 62.3 Å². The Kier molecular flexibility index (Phi) is 5.49. The van der Waals surface area contributed by atoms with Crippen LogP contribution in [0.3, 0.4) is 0 Å². The van der Waals surface area contributed by atoms with E-state index in [2.05, 4.69) is 12.2 Å². The van der Waals surface area contributed by atoms with E-state index >= 15 is 0 Å². The largest absolute Gasteiger partial charge is 0.384 e. The number of fused-ring (bicyclic) bond motifs is 2. The van der Waals surface area contributed by atoms with Crippen molar-refractivity contribution in [3.8, 4) is 0 Å². The van der Waals surface area contributed by atoms with Crippen LogP contribution >= 0.6 is 0 Å². The van der Waals surface area contributed by atoms with Crippen molar-refractivity contribution in [3.05, 3.63) is 35.0 Å². The van der Waals surface area contributed by atoms with Gasteiger partial charge >= 0.3 is 0 Å². The van der Waals surface area contributed by atoms with Gasteiger partial charge in [0, 0.05) is 35.8 Å². The summed E-state index contributed by atoms with van der Waals surface area (Å²) < 4.78 is 48.1. The van der Waals surface area contributed by atoms with Gasteiger partial charge in [-0.15, -0.1) is 0 Å². The molecule has 6 nitrogen and oxygen atoms in total. The van der Waals surface area contributed by atoms with E-state index in [4.69, 9.17) is 4.98 Å². The molecule has 0 fully saturated rings. The minimum Gasteiger partial charge on any atom is -0.384 e. The third-order valence-corrected chi connectivity index (χ3v) is 10.9. The Morgan fingerprint density at radius 3 is 2.32 bits per heavy atom. The maximum absolute atomic E-state index is 12.5. The normalized spacial score (nSPS) is 15.4. The second-order valence-corrected chi connectivity index (χ2v) is 12.7. The Morgan fingerprint density at radius 1 is 1.07 bits per heavy atom. The van der Waals surface area contributed by atoms with Gasteiger partial charge in [0.1, 0.15) is 0 Å². The van der Waals surface area contributed by atoms with Crippen molar-refractivity contribution in [2.75, 3.05) is 24.4 Å². The van der Waals surface area contributed by atoms with E-state index in [0.717, 1.165) is 73.4 Å². The van der Waals surface area contributed by atoms with Crippen LogP contribution in [0.2, 0.25) is 0 Å². The van der Waals surface area contributed by atoms with Gasteiger partial charge in [-0.1, -0.05) is 13.0 Å². The molecule has 3 rings (SSSR count). The molecule has 0 unspecified atom stereocenters. The maximum Gasteiger partial charge on any atom is 0.194 e. The standard InChI is InChI=1S/C20H28N2O4S2/c1-5-12-21-19-15-8-6-7-9-17(15)22-18-11-10-14(13-16(18)19)20(2,27(3,23)24)28(4,25)26/h10-11,13H,5-9,12H2,1-4H3,(H,21,22). The number of hydrogen-bond acceptors (Lipinski definition) is 6. The van der Waals surface area contributed by atoms with Crippen molar-refractivity contribution in [1.82, 2.24) is 4.98 Å². The molecule has 2 aromatic rings. The zero-order chi connectivity index (χ0) is 20.7. The lowest BCUT2D eigenvalue weighted by Crippen LogP contribution is -2.39. The summed E-state index contributed by atoms with van der Waals surface area (Å²) in [5.74, 6) is 0. The van der Waals surface area contributed by atoms with Gasteiger partial charge in [-0.3, -0.25) is 4.98 Å². The number of benzene rings is 1. The molecule has 1 aromatic carbocycles. The minimum absolute atomic E-state index is 0.252. The van der Waals surface area contributed by atoms with Gasteiger partial charge in [0.15, 0.2) is 23.8 Å². The van der Waals surface area contributed by atoms with Crippen LogP contribution in [-0.4, -0.2) is 40.9 Å². The summed E-state index contributed by atoms with van der Waals surface area (Å²) in [6, 6.07) is 5.01. The van der Waals surface area contributed by atoms with Crippen LogP contribution in [0.4, 0.5) is 5.69 Å². The van der Waals surface area contributed by atoms with Crippen molar-refractivity contribution < 1.29 is 16.8 Å². The Morgan fingerprint density at radius 2 is 1.71 bits per heavy atom. The smallest absolute Gasteiger partial charge is 0.194 e. The summed E-state index contributed by atoms with van der Waals surface area (Å²) in [6.07, 6.45) is 6.94. The number of sulfone groups is 2. The molecule has 1 aliphatic rings. The van der Waals surface area contributed by atoms with Crippen LogP contribution in [0.1, 0.15) is 49.9 Å². The highest BCUT2D eigenvalue weighted by atomic mass is 32.3. The first kappa shape index (κ1) is 21.0. The van der Waals surface area contributed by atoms with Gasteiger partial charge in [-0.2, -0.15) is 0 Å². The number of rotatable bonds is 6. The summed E-state index contributed by atoms with van der Waals surface area (Å²) >= 11 is 0. The number of pyridine rings is 1. The van der Waals surface area contributed by atoms with Gasteiger partial charge in [-0.25, -0.2) is 16.8 Å². The molecule has 1 aliphatic carbocycles. The molecular formula is C20H28N2O4S2. The van der Waals surface area contributed by atoms with Gasteiger partial charge in [0.2, 0.25) is 0 Å². The van der Waals surface area contributed by atoms with E-state index in [0.29, 0.717) is 0 Å². The van der Waals surface area contributed by atoms with Crippen LogP contribution < -0.4 is 5.32 Å². The zero-order valence-electron chi connectivity index (χ0n) is 16.9. The molecule has 0 aliphatic heterocycles. The summed E-state index contributed by atoms with van der Waals surface area (Å²) in [5, 5.41) is 4.27. The Hall–Kier alpha value is -1.67. The van der Waals surface area contributed by atoms with Crippen LogP contribution in [0, 0.1) is 0 Å². The lowest BCUT2D eigenvalue weighted by atomic mass is 9.92. The highest BCUT2D eigenvalue weighted by Crippen LogP contribution is 2.39. The Labute approximate surface area is 167 Å². The van der Waals surface area contributed by atoms with Gasteiger partial charge in [0.25, 0.3) is 0 Å². The molecule has 0 saturated carbocycles. The van der Waals surface area contributed by atoms with E-state index in [1.165, 1.54) is 12.5 Å². The van der Waals surface area contributed by atoms with Crippen molar-refractivity contribution in [2.24, 2.45) is 0 Å². The summed E-state index contributed by atoms with van der Waals surface area (Å²) in [6.45, 7) is 4.13. The fourth-order valence-electron chi connectivity index (χ4n) is 3.86. The van der Waals surface area contributed by atoms with Crippen LogP contribution in [-0.2, 0) is 36.6 Å². The molecule has 1 heterocycles. The molecule has 0 bridgehead atoms. The predicted molar refractivity (Wildman–Crippen MR) is 114 cm³/mol. The number of aromatic nitrogens is 1. The van der Waals surface area contributed by atoms with Crippen LogP contribution in [0.25, 0.3) is 10.9 Å². The predicted octanol–water partition coefficient (Wildman–Crippen LogP) is 3.20. The molecule has 8 heteroatoms. The lowest BCUT2D eigenvalue weighted by molar-refractivity contribution is 0.559. The van der Waals surface area contributed by atoms with Crippen molar-refractivity contribution >= 4 is 36.3 Å². The molecule has 154 valence electrons. The monoisotopic (exact) mass is 424 g/mol. The first-order valence-corrected chi connectivity index (χ1v) is 13.4. The molecule has 1 aromatic heterocycles. The lowest BCUT2D eigenvalue weighted by Gasteiger charge is -2.27. The summed E-state index contributed by atoms with van der Waals surface area (Å²) in [5.41, 5.74) is 4.23. The zero-order valence-corrected chi connectivity index (χ0v) is 18.5. The molecule has 0 spiro atoms. The number of nitrogens with one attached hydrogen (secondary N) is 1. The number of nitrogens with zero attached hydrogens (tertiary/aromatic N) is 1. The second kappa shape index (κ2) is 7.30. The van der Waals surface area contributed by atoms with Crippen molar-refractivity contribution in [2.45, 2.75) is 50.0 Å². The quantitative estimate of drug-likeness (QED) is 0.765. The Bertz CT molecular complexity index is 1090. The molecule has 1 N–H and O–H groups in total. The average Bonchev–Trinajstić information content (AvgIpc) is 2.62. The van der Waals surface area contributed by atoms with E-state index in [1.54, 1.807) is 18.2 Å². The molecular weight excluding hydrogens is 396 g/mol. The average molecular weight is 425 g/mol. The van der Waals surface area contributed by atoms with Crippen molar-refractivity contribution in [3.63, 3.8) is 0 Å². The van der Waals surface area contributed by atoms with E-state index in [-0.39, 0.29) is 5.56 Å². The van der Waals surface area contributed by atoms with Gasteiger partial charge in [0.05, 0.1) is 5.52 Å². The molecule has 0 amide bonds. The van der Waals surface area contributed by atoms with E-state index in [9.17, 15) is 16.8 Å². The third kappa shape index (κ3) is 3.41. The molecule has 0 radical (unpaired) electrons. The second-order valence-electron chi connectivity index (χ2n) is 7.77. The summed E-state index contributed by atoms with van der Waals surface area (Å²) in [4.78, 5) is 4.79. The molecule has 28 heavy (non-hydrogen) atoms. The minimum atomic E-state index is -3.92. The summed E-state index contributed by atoms with van der Waals surface area (Å²) in [7, 11) is -7.84. The van der Waals surface area contributed by atoms with E-state index < -0.39 is 23.8 Å². The van der Waals surface area contributed by atoms with Crippen molar-refractivity contribution in [1.29, 1.82) is 0 Å². The van der Waals surface area contributed by atoms with E-state index in [1.807, 2.05) is 0 Å². The van der Waals surface area contributed by atoms with Crippen LogP contribution in [0.5, 0.6) is 0 Å². The fraction of sp³-hybridized carbons (Fsp3) is 0.550. The van der Waals surface area contributed by atoms with Gasteiger partial charge < -0.3 is 5.32 Å². The number of anilines is 1. The number of aryl methyl sites for hydroxylation is 1. The highest BCUT2D eigenvalue weighted by molar-refractivity contribution is 8.08. The van der Waals surface area contributed by atoms with Crippen LogP contribution in [0.15, 0.2) is 18.2 Å².